The lowest BCUT2D eigenvalue weighted by Crippen LogP contribution is -2.39. The zero-order valence-electron chi connectivity index (χ0n) is 23.6. The van der Waals surface area contributed by atoms with Crippen LogP contribution in [0.5, 0.6) is 5.75 Å². The summed E-state index contributed by atoms with van der Waals surface area (Å²) in [6, 6.07) is 4.43. The fourth-order valence-electron chi connectivity index (χ4n) is 5.86. The van der Waals surface area contributed by atoms with E-state index in [0.29, 0.717) is 41.0 Å². The summed E-state index contributed by atoms with van der Waals surface area (Å²) in [6.07, 6.45) is 2.13. The van der Waals surface area contributed by atoms with E-state index in [4.69, 9.17) is 22.1 Å². The second kappa shape index (κ2) is 12.9. The lowest BCUT2D eigenvalue weighted by Gasteiger charge is -2.33. The van der Waals surface area contributed by atoms with Gasteiger partial charge in [0.15, 0.2) is 0 Å². The van der Waals surface area contributed by atoms with E-state index in [1.54, 1.807) is 6.07 Å². The molecule has 1 aromatic carbocycles. The molecule has 0 unspecified atom stereocenters. The van der Waals surface area contributed by atoms with Crippen LogP contribution < -0.4 is 10.5 Å². The van der Waals surface area contributed by atoms with Crippen LogP contribution in [0.3, 0.4) is 0 Å². The van der Waals surface area contributed by atoms with Crippen molar-refractivity contribution in [1.29, 1.82) is 0 Å². The van der Waals surface area contributed by atoms with E-state index in [0.717, 1.165) is 37.0 Å². The summed E-state index contributed by atoms with van der Waals surface area (Å²) in [7, 11) is 0. The molecule has 0 radical (unpaired) electrons. The van der Waals surface area contributed by atoms with E-state index in [1.807, 2.05) is 0 Å². The van der Waals surface area contributed by atoms with Gasteiger partial charge in [0.25, 0.3) is 5.82 Å². The molecule has 1 aromatic heterocycles. The Kier molecular flexibility index (Phi) is 9.28. The third kappa shape index (κ3) is 7.67. The number of rotatable bonds is 10. The Labute approximate surface area is 252 Å². The third-order valence-electron chi connectivity index (χ3n) is 8.38. The number of nitrogens with two attached hydrogens (primary N) is 1. The number of amides is 1. The molecule has 2 aromatic rings. The zero-order valence-corrected chi connectivity index (χ0v) is 24.3. The topological polar surface area (TPSA) is 102 Å². The van der Waals surface area contributed by atoms with Crippen molar-refractivity contribution < 1.29 is 27.1 Å². The number of carbonyl (C=O) groups excluding carboxylic acids is 1. The molecule has 3 aliphatic rings. The van der Waals surface area contributed by atoms with E-state index in [9.17, 15) is 22.4 Å². The molecule has 1 saturated carbocycles. The van der Waals surface area contributed by atoms with E-state index >= 15 is 0 Å². The molecule has 43 heavy (non-hydrogen) atoms. The standard InChI is InChI=1S/C29H34ClF4N7O2/c1-18(36-16-22(30)15-35)39-7-4-19(5-8-39)24-12-20(24)6-11-43-23-3-2-21(25(31)14-23)13-27(42)40-9-10-41-26(17-40)37-28(38-41)29(32,33)34/h2-3,14-16,19-20,24H,1,4-13,17,35H2/b22-15+,36-16-/t20-,24-/m1/s1. The van der Waals surface area contributed by atoms with Crippen molar-refractivity contribution >= 4 is 23.7 Å². The maximum atomic E-state index is 14.8. The number of ether oxygens (including phenoxy) is 1. The Hall–Kier alpha value is -3.61. The maximum absolute atomic E-state index is 14.8. The van der Waals surface area contributed by atoms with Crippen LogP contribution in [0.25, 0.3) is 0 Å². The molecular formula is C29H34ClF4N7O2. The van der Waals surface area contributed by atoms with Crippen LogP contribution in [0.15, 0.2) is 46.8 Å². The largest absolute Gasteiger partial charge is 0.493 e. The summed E-state index contributed by atoms with van der Waals surface area (Å²) in [5, 5.41) is 3.83. The molecule has 5 rings (SSSR count). The van der Waals surface area contributed by atoms with Crippen molar-refractivity contribution in [1.82, 2.24) is 24.6 Å². The first-order valence-electron chi connectivity index (χ1n) is 14.3. The van der Waals surface area contributed by atoms with Gasteiger partial charge in [0.2, 0.25) is 5.91 Å². The van der Waals surface area contributed by atoms with Gasteiger partial charge < -0.3 is 20.3 Å². The van der Waals surface area contributed by atoms with Gasteiger partial charge in [-0.1, -0.05) is 24.2 Å². The lowest BCUT2D eigenvalue weighted by molar-refractivity contribution is -0.145. The Morgan fingerprint density at radius 3 is 2.67 bits per heavy atom. The molecule has 3 heterocycles. The molecule has 2 fully saturated rings. The molecule has 232 valence electrons. The third-order valence-corrected chi connectivity index (χ3v) is 8.60. The summed E-state index contributed by atoms with van der Waals surface area (Å²) in [4.78, 5) is 24.1. The molecule has 1 saturated heterocycles. The number of allylic oxidation sites excluding steroid dienone is 1. The lowest BCUT2D eigenvalue weighted by atomic mass is 9.90. The number of fused-ring (bicyclic) bond motifs is 1. The highest BCUT2D eigenvalue weighted by atomic mass is 35.5. The number of likely N-dealkylation sites (tertiary alicyclic amines) is 1. The molecule has 2 atom stereocenters. The van der Waals surface area contributed by atoms with Crippen LogP contribution >= 0.6 is 11.6 Å². The van der Waals surface area contributed by atoms with Crippen molar-refractivity contribution in [3.8, 4) is 5.75 Å². The second-order valence-electron chi connectivity index (χ2n) is 11.2. The van der Waals surface area contributed by atoms with Crippen molar-refractivity contribution in [2.75, 3.05) is 26.2 Å². The van der Waals surface area contributed by atoms with E-state index < -0.39 is 23.7 Å². The first-order chi connectivity index (χ1) is 20.5. The molecule has 1 amide bonds. The van der Waals surface area contributed by atoms with Gasteiger partial charge in [0.05, 0.1) is 31.1 Å². The van der Waals surface area contributed by atoms with Crippen LogP contribution in [0.1, 0.15) is 42.9 Å². The van der Waals surface area contributed by atoms with Crippen molar-refractivity contribution in [3.63, 3.8) is 0 Å². The molecule has 1 aliphatic carbocycles. The van der Waals surface area contributed by atoms with E-state index in [2.05, 4.69) is 26.6 Å². The predicted molar refractivity (Wildman–Crippen MR) is 152 cm³/mol. The summed E-state index contributed by atoms with van der Waals surface area (Å²) in [6.45, 7) is 6.45. The molecular weight excluding hydrogens is 590 g/mol. The van der Waals surface area contributed by atoms with Gasteiger partial charge in [-0.05, 0) is 55.1 Å². The van der Waals surface area contributed by atoms with Gasteiger partial charge in [-0.3, -0.25) is 4.79 Å². The number of benzene rings is 1. The van der Waals surface area contributed by atoms with Gasteiger partial charge in [0, 0.05) is 38.1 Å². The van der Waals surface area contributed by atoms with E-state index in [-0.39, 0.29) is 37.4 Å². The SMILES string of the molecule is C=C(/N=C\C(Cl)=C/N)N1CCC([C@H]2C[C@H]2CCOc2ccc(CC(=O)N3CCn4nc(C(F)(F)F)nc4C3)c(F)c2)CC1. The highest BCUT2D eigenvalue weighted by molar-refractivity contribution is 6.39. The average molecular weight is 624 g/mol. The number of aromatic nitrogens is 3. The van der Waals surface area contributed by atoms with Crippen LogP contribution in [-0.2, 0) is 30.5 Å². The first-order valence-corrected chi connectivity index (χ1v) is 14.6. The summed E-state index contributed by atoms with van der Waals surface area (Å²) >= 11 is 5.86. The van der Waals surface area contributed by atoms with E-state index in [1.165, 1.54) is 35.9 Å². The number of piperidine rings is 1. The number of alkyl halides is 3. The van der Waals surface area contributed by atoms with Crippen LogP contribution in [-0.4, -0.2) is 62.9 Å². The summed E-state index contributed by atoms with van der Waals surface area (Å²) in [5.74, 6) is 0.866. The summed E-state index contributed by atoms with van der Waals surface area (Å²) < 4.78 is 60.5. The highest BCUT2D eigenvalue weighted by Crippen LogP contribution is 2.50. The van der Waals surface area contributed by atoms with Crippen molar-refractivity contribution in [2.24, 2.45) is 28.5 Å². The molecule has 0 bridgehead atoms. The van der Waals surface area contributed by atoms with Crippen molar-refractivity contribution in [2.45, 2.75) is 51.4 Å². The monoisotopic (exact) mass is 623 g/mol. The molecule has 0 spiro atoms. The zero-order chi connectivity index (χ0) is 30.7. The number of hydrogen-bond donors (Lipinski definition) is 1. The van der Waals surface area contributed by atoms with Crippen molar-refractivity contribution in [3.05, 3.63) is 64.9 Å². The Morgan fingerprint density at radius 1 is 1.21 bits per heavy atom. The van der Waals surface area contributed by atoms with Gasteiger partial charge in [0.1, 0.15) is 23.2 Å². The molecule has 2 N–H and O–H groups in total. The summed E-state index contributed by atoms with van der Waals surface area (Å²) in [5.41, 5.74) is 5.55. The van der Waals surface area contributed by atoms with Gasteiger partial charge in [-0.15, -0.1) is 5.10 Å². The first kappa shape index (κ1) is 30.8. The maximum Gasteiger partial charge on any atom is 0.453 e. The number of nitrogens with zero attached hydrogens (tertiary/aromatic N) is 6. The minimum atomic E-state index is -4.66. The average Bonchev–Trinajstić information content (AvgIpc) is 3.62. The Bertz CT molecular complexity index is 1400. The van der Waals surface area contributed by atoms with Crippen LogP contribution in [0, 0.1) is 23.6 Å². The Balaban J connectivity index is 1.03. The van der Waals surface area contributed by atoms with Crippen LogP contribution in [0.2, 0.25) is 0 Å². The van der Waals surface area contributed by atoms with Gasteiger partial charge in [-0.25, -0.2) is 19.0 Å². The number of halogens is 5. The molecule has 2 aliphatic heterocycles. The second-order valence-corrected chi connectivity index (χ2v) is 11.6. The fourth-order valence-corrected chi connectivity index (χ4v) is 5.91. The minimum Gasteiger partial charge on any atom is -0.493 e. The fraction of sp³-hybridized carbons (Fsp3) is 0.517. The number of aliphatic imine (C=N–C) groups is 1. The van der Waals surface area contributed by atoms with Gasteiger partial charge >= 0.3 is 6.18 Å². The number of hydrogen-bond acceptors (Lipinski definition) is 7. The Morgan fingerprint density at radius 2 is 1.98 bits per heavy atom. The number of carbonyl (C=O) groups is 1. The highest BCUT2D eigenvalue weighted by Gasteiger charge is 2.43. The minimum absolute atomic E-state index is 0.0535. The molecule has 14 heteroatoms. The van der Waals surface area contributed by atoms with Crippen LogP contribution in [0.4, 0.5) is 17.6 Å². The smallest absolute Gasteiger partial charge is 0.453 e. The predicted octanol–water partition coefficient (Wildman–Crippen LogP) is 4.72. The quantitative estimate of drug-likeness (QED) is 0.304. The molecule has 9 nitrogen and oxygen atoms in total. The van der Waals surface area contributed by atoms with Gasteiger partial charge in [-0.2, -0.15) is 13.2 Å². The normalized spacial score (nSPS) is 21.3.